The molecular formula is C18H25N3O4. The van der Waals surface area contributed by atoms with Crippen LogP contribution in [0.2, 0.25) is 0 Å². The van der Waals surface area contributed by atoms with Crippen molar-refractivity contribution in [3.63, 3.8) is 0 Å². The summed E-state index contributed by atoms with van der Waals surface area (Å²) in [6.07, 6.45) is 1.10. The van der Waals surface area contributed by atoms with E-state index in [1.54, 1.807) is 14.2 Å². The van der Waals surface area contributed by atoms with Crippen molar-refractivity contribution in [3.8, 4) is 11.5 Å². The highest BCUT2D eigenvalue weighted by Crippen LogP contribution is 2.41. The lowest BCUT2D eigenvalue weighted by molar-refractivity contribution is 0.0567. The number of ether oxygens (including phenoxy) is 2. The van der Waals surface area contributed by atoms with Gasteiger partial charge >= 0.3 is 0 Å². The molecule has 1 aliphatic rings. The molecule has 0 spiro atoms. The summed E-state index contributed by atoms with van der Waals surface area (Å²) in [7, 11) is 3.24. The van der Waals surface area contributed by atoms with Gasteiger partial charge in [-0.05, 0) is 25.5 Å². The molecule has 0 amide bonds. The number of β-amino-alcohol motifs (C(OH)–C–C–N with tert-alkyl or cyclic N) is 1. The molecule has 3 rings (SSSR count). The molecule has 0 unspecified atom stereocenters. The number of aromatic nitrogens is 2. The van der Waals surface area contributed by atoms with E-state index in [1.807, 2.05) is 19.1 Å². The molecule has 0 fully saturated rings. The van der Waals surface area contributed by atoms with Crippen molar-refractivity contribution in [1.82, 2.24) is 15.0 Å². The highest BCUT2D eigenvalue weighted by molar-refractivity contribution is 5.51. The molecule has 2 aromatic rings. The fourth-order valence-electron chi connectivity index (χ4n) is 3.32. The minimum absolute atomic E-state index is 0.100. The highest BCUT2D eigenvalue weighted by atomic mass is 16.5. The Bertz CT molecular complexity index is 731. The van der Waals surface area contributed by atoms with Gasteiger partial charge in [0.1, 0.15) is 11.5 Å². The van der Waals surface area contributed by atoms with Crippen LogP contribution in [0.3, 0.4) is 0 Å². The number of aliphatic hydroxyl groups is 1. The van der Waals surface area contributed by atoms with Crippen LogP contribution in [0.25, 0.3) is 0 Å². The van der Waals surface area contributed by atoms with Gasteiger partial charge < -0.3 is 19.1 Å². The van der Waals surface area contributed by atoms with Gasteiger partial charge in [-0.2, -0.15) is 4.98 Å². The lowest BCUT2D eigenvalue weighted by atomic mass is 9.94. The fraction of sp³-hybridized carbons (Fsp3) is 0.556. The first kappa shape index (κ1) is 17.7. The smallest absolute Gasteiger partial charge is 0.243 e. The molecule has 0 aliphatic carbocycles. The third kappa shape index (κ3) is 3.34. The first-order valence-electron chi connectivity index (χ1n) is 8.57. The van der Waals surface area contributed by atoms with Crippen molar-refractivity contribution < 1.29 is 19.1 Å². The van der Waals surface area contributed by atoms with Crippen molar-refractivity contribution in [3.05, 3.63) is 35.0 Å². The van der Waals surface area contributed by atoms with E-state index in [-0.39, 0.29) is 6.04 Å². The van der Waals surface area contributed by atoms with Crippen molar-refractivity contribution in [2.75, 3.05) is 20.8 Å². The average Bonchev–Trinajstić information content (AvgIpc) is 3.08. The van der Waals surface area contributed by atoms with Crippen LogP contribution in [-0.4, -0.2) is 40.9 Å². The summed E-state index contributed by atoms with van der Waals surface area (Å²) < 4.78 is 16.3. The Morgan fingerprint density at radius 3 is 2.72 bits per heavy atom. The van der Waals surface area contributed by atoms with E-state index in [9.17, 15) is 5.11 Å². The van der Waals surface area contributed by atoms with Crippen LogP contribution in [0.5, 0.6) is 11.5 Å². The lowest BCUT2D eigenvalue weighted by Crippen LogP contribution is -2.36. The van der Waals surface area contributed by atoms with Crippen molar-refractivity contribution in [2.45, 2.75) is 45.4 Å². The Morgan fingerprint density at radius 1 is 1.32 bits per heavy atom. The predicted molar refractivity (Wildman–Crippen MR) is 91.6 cm³/mol. The van der Waals surface area contributed by atoms with E-state index in [1.165, 1.54) is 0 Å². The third-order valence-corrected chi connectivity index (χ3v) is 4.68. The van der Waals surface area contributed by atoms with Crippen molar-refractivity contribution in [1.29, 1.82) is 0 Å². The van der Waals surface area contributed by atoms with Gasteiger partial charge in [0.25, 0.3) is 0 Å². The zero-order valence-corrected chi connectivity index (χ0v) is 15.2. The summed E-state index contributed by atoms with van der Waals surface area (Å²) in [4.78, 5) is 6.58. The number of methoxy groups -OCH3 is 2. The Kier molecular flexibility index (Phi) is 5.24. The van der Waals surface area contributed by atoms with E-state index in [2.05, 4.69) is 22.0 Å². The molecule has 136 valence electrons. The maximum atomic E-state index is 10.7. The first-order chi connectivity index (χ1) is 12.1. The fourth-order valence-corrected chi connectivity index (χ4v) is 3.32. The Labute approximate surface area is 147 Å². The average molecular weight is 347 g/mol. The lowest BCUT2D eigenvalue weighted by Gasteiger charge is -2.36. The Hall–Kier alpha value is -2.12. The van der Waals surface area contributed by atoms with E-state index < -0.39 is 6.10 Å². The minimum Gasteiger partial charge on any atom is -0.496 e. The van der Waals surface area contributed by atoms with Gasteiger partial charge in [0.2, 0.25) is 5.89 Å². The number of benzene rings is 1. The number of aryl methyl sites for hydroxylation is 1. The van der Waals surface area contributed by atoms with Gasteiger partial charge in [-0.25, -0.2) is 0 Å². The number of nitrogens with zero attached hydrogens (tertiary/aromatic N) is 3. The molecule has 25 heavy (non-hydrogen) atoms. The molecule has 1 N–H and O–H groups in total. The molecule has 7 nitrogen and oxygen atoms in total. The molecule has 1 aliphatic heterocycles. The molecule has 7 heteroatoms. The molecule has 0 bridgehead atoms. The first-order valence-corrected chi connectivity index (χ1v) is 8.57. The van der Waals surface area contributed by atoms with Gasteiger partial charge in [0, 0.05) is 30.6 Å². The summed E-state index contributed by atoms with van der Waals surface area (Å²) in [5, 5.41) is 14.7. The number of fused-ring (bicyclic) bond motifs is 1. The van der Waals surface area contributed by atoms with Crippen LogP contribution in [0.1, 0.15) is 55.3 Å². The second-order valence-electron chi connectivity index (χ2n) is 6.28. The SMILES string of the molecule is CCCc1noc([C@H](C)N2Cc3c(OC)ccc(OC)c3[C@H](O)C2)n1. The molecule has 2 heterocycles. The zero-order chi connectivity index (χ0) is 18.0. The molecule has 0 saturated heterocycles. The predicted octanol–water partition coefficient (Wildman–Crippen LogP) is 2.65. The summed E-state index contributed by atoms with van der Waals surface area (Å²) in [6.45, 7) is 5.16. The quantitative estimate of drug-likeness (QED) is 0.860. The van der Waals surface area contributed by atoms with E-state index in [0.717, 1.165) is 35.5 Å². The second kappa shape index (κ2) is 7.41. The van der Waals surface area contributed by atoms with E-state index >= 15 is 0 Å². The highest BCUT2D eigenvalue weighted by Gasteiger charge is 2.33. The number of aliphatic hydroxyl groups excluding tert-OH is 1. The molecule has 0 saturated carbocycles. The molecule has 0 radical (unpaired) electrons. The zero-order valence-electron chi connectivity index (χ0n) is 15.2. The van der Waals surface area contributed by atoms with Crippen molar-refractivity contribution in [2.24, 2.45) is 0 Å². The van der Waals surface area contributed by atoms with Crippen LogP contribution in [0.4, 0.5) is 0 Å². The number of hydrogen-bond acceptors (Lipinski definition) is 7. The topological polar surface area (TPSA) is 80.9 Å². The van der Waals surface area contributed by atoms with Gasteiger partial charge in [0.15, 0.2) is 5.82 Å². The summed E-state index contributed by atoms with van der Waals surface area (Å²) in [6, 6.07) is 3.59. The van der Waals surface area contributed by atoms with Gasteiger partial charge in [-0.15, -0.1) is 0 Å². The van der Waals surface area contributed by atoms with Crippen molar-refractivity contribution >= 4 is 0 Å². The second-order valence-corrected chi connectivity index (χ2v) is 6.28. The van der Waals surface area contributed by atoms with E-state index in [4.69, 9.17) is 14.0 Å². The maximum Gasteiger partial charge on any atom is 0.243 e. The summed E-state index contributed by atoms with van der Waals surface area (Å²) in [5.41, 5.74) is 1.73. The Morgan fingerprint density at radius 2 is 2.04 bits per heavy atom. The number of rotatable bonds is 6. The largest absolute Gasteiger partial charge is 0.496 e. The summed E-state index contributed by atoms with van der Waals surface area (Å²) >= 11 is 0. The van der Waals surface area contributed by atoms with Gasteiger partial charge in [-0.1, -0.05) is 12.1 Å². The van der Waals surface area contributed by atoms with Crippen LogP contribution >= 0.6 is 0 Å². The Balaban J connectivity index is 1.89. The maximum absolute atomic E-state index is 10.7. The van der Waals surface area contributed by atoms with Crippen LogP contribution in [0.15, 0.2) is 16.7 Å². The van der Waals surface area contributed by atoms with Gasteiger partial charge in [0.05, 0.1) is 26.4 Å². The van der Waals surface area contributed by atoms with E-state index in [0.29, 0.717) is 24.7 Å². The normalized spacial score (nSPS) is 18.7. The molecule has 2 atom stereocenters. The van der Waals surface area contributed by atoms with Crippen LogP contribution < -0.4 is 9.47 Å². The monoisotopic (exact) mass is 347 g/mol. The molecule has 1 aromatic carbocycles. The standard InChI is InChI=1S/C18H25N3O4/c1-5-6-16-19-18(25-20-16)11(2)21-9-12-14(23-3)7-8-15(24-4)17(12)13(22)10-21/h7-8,11,13,22H,5-6,9-10H2,1-4H3/t11-,13+/m0/s1. The minimum atomic E-state index is -0.672. The summed E-state index contributed by atoms with van der Waals surface area (Å²) in [5.74, 6) is 2.71. The van der Waals surface area contributed by atoms with Crippen LogP contribution in [-0.2, 0) is 13.0 Å². The number of hydrogen-bond donors (Lipinski definition) is 1. The van der Waals surface area contributed by atoms with Gasteiger partial charge in [-0.3, -0.25) is 4.90 Å². The molecule has 1 aromatic heterocycles. The molecular weight excluding hydrogens is 322 g/mol. The third-order valence-electron chi connectivity index (χ3n) is 4.68. The van der Waals surface area contributed by atoms with Crippen LogP contribution in [0, 0.1) is 0 Å².